The Kier molecular flexibility index (Phi) is 2.65. The Hall–Kier alpha value is -1.56. The van der Waals surface area contributed by atoms with Crippen molar-refractivity contribution in [1.29, 1.82) is 5.26 Å². The molecule has 0 fully saturated rings. The maximum atomic E-state index is 8.61. The third-order valence-electron chi connectivity index (χ3n) is 1.44. The fourth-order valence-corrected chi connectivity index (χ4v) is 0.996. The average molecular weight is 161 g/mol. The zero-order valence-electron chi connectivity index (χ0n) is 7.26. The van der Waals surface area contributed by atoms with Crippen LogP contribution in [-0.4, -0.2) is 11.5 Å². The van der Waals surface area contributed by atoms with E-state index in [1.165, 1.54) is 0 Å². The summed E-state index contributed by atoms with van der Waals surface area (Å²) in [4.78, 5) is 4.07. The van der Waals surface area contributed by atoms with E-state index < -0.39 is 0 Å². The first-order valence-corrected chi connectivity index (χ1v) is 3.89. The highest BCUT2D eigenvalue weighted by molar-refractivity contribution is 5.41. The van der Waals surface area contributed by atoms with Gasteiger partial charge in [0.2, 0.25) is 0 Å². The van der Waals surface area contributed by atoms with E-state index in [0.29, 0.717) is 5.69 Å². The molecule has 0 saturated carbocycles. The van der Waals surface area contributed by atoms with Crippen LogP contribution in [0.1, 0.15) is 18.2 Å². The lowest BCUT2D eigenvalue weighted by molar-refractivity contribution is 1.14. The third-order valence-corrected chi connectivity index (χ3v) is 1.44. The van der Waals surface area contributed by atoms with E-state index >= 15 is 0 Å². The molecule has 12 heavy (non-hydrogen) atoms. The summed E-state index contributed by atoms with van der Waals surface area (Å²) in [5.74, 6) is 0.772. The first-order chi connectivity index (χ1) is 5.76. The molecule has 62 valence electrons. The zero-order chi connectivity index (χ0) is 8.97. The SMILES string of the molecule is CCNc1cc(C)cc(C#N)n1. The van der Waals surface area contributed by atoms with Gasteiger partial charge < -0.3 is 5.32 Å². The first kappa shape index (κ1) is 8.54. The van der Waals surface area contributed by atoms with Gasteiger partial charge in [-0.3, -0.25) is 0 Å². The molecule has 0 bridgehead atoms. The molecule has 1 heterocycles. The monoisotopic (exact) mass is 161 g/mol. The lowest BCUT2D eigenvalue weighted by Crippen LogP contribution is -2.00. The molecule has 0 aliphatic rings. The molecule has 0 radical (unpaired) electrons. The highest BCUT2D eigenvalue weighted by atomic mass is 15.0. The van der Waals surface area contributed by atoms with Crippen LogP contribution >= 0.6 is 0 Å². The molecule has 0 unspecified atom stereocenters. The van der Waals surface area contributed by atoms with E-state index in [9.17, 15) is 0 Å². The van der Waals surface area contributed by atoms with E-state index in [1.807, 2.05) is 26.0 Å². The first-order valence-electron chi connectivity index (χ1n) is 3.89. The molecule has 1 aromatic rings. The van der Waals surface area contributed by atoms with Gasteiger partial charge in [-0.2, -0.15) is 5.26 Å². The van der Waals surface area contributed by atoms with E-state index in [2.05, 4.69) is 10.3 Å². The van der Waals surface area contributed by atoms with E-state index in [0.717, 1.165) is 17.9 Å². The fraction of sp³-hybridized carbons (Fsp3) is 0.333. The summed E-state index contributed by atoms with van der Waals surface area (Å²) < 4.78 is 0. The van der Waals surface area contributed by atoms with Crippen LogP contribution in [-0.2, 0) is 0 Å². The molecule has 1 rings (SSSR count). The number of nitriles is 1. The van der Waals surface area contributed by atoms with E-state index in [-0.39, 0.29) is 0 Å². The van der Waals surface area contributed by atoms with Gasteiger partial charge in [-0.1, -0.05) is 0 Å². The second-order valence-corrected chi connectivity index (χ2v) is 2.56. The highest BCUT2D eigenvalue weighted by Crippen LogP contribution is 2.08. The van der Waals surface area contributed by atoms with Crippen LogP contribution in [0.15, 0.2) is 12.1 Å². The average Bonchev–Trinajstić information content (AvgIpc) is 2.04. The van der Waals surface area contributed by atoms with Crippen LogP contribution in [0.25, 0.3) is 0 Å². The third kappa shape index (κ3) is 1.96. The molecular formula is C9H11N3. The van der Waals surface area contributed by atoms with Gasteiger partial charge >= 0.3 is 0 Å². The van der Waals surface area contributed by atoms with E-state index in [1.54, 1.807) is 6.07 Å². The van der Waals surface area contributed by atoms with E-state index in [4.69, 9.17) is 5.26 Å². The molecule has 3 heteroatoms. The van der Waals surface area contributed by atoms with Gasteiger partial charge in [0, 0.05) is 6.54 Å². The van der Waals surface area contributed by atoms with Crippen molar-refractivity contribution in [2.75, 3.05) is 11.9 Å². The minimum Gasteiger partial charge on any atom is -0.370 e. The molecule has 1 aromatic heterocycles. The lowest BCUT2D eigenvalue weighted by Gasteiger charge is -2.02. The number of hydrogen-bond donors (Lipinski definition) is 1. The fourth-order valence-electron chi connectivity index (χ4n) is 0.996. The molecule has 0 saturated heterocycles. The molecule has 3 nitrogen and oxygen atoms in total. The number of rotatable bonds is 2. The molecule has 0 atom stereocenters. The molecular weight excluding hydrogens is 150 g/mol. The summed E-state index contributed by atoms with van der Waals surface area (Å²) in [6, 6.07) is 5.70. The number of anilines is 1. The Bertz CT molecular complexity index is 312. The van der Waals surface area contributed by atoms with Gasteiger partial charge in [-0.05, 0) is 31.5 Å². The van der Waals surface area contributed by atoms with Gasteiger partial charge in [0.15, 0.2) is 0 Å². The van der Waals surface area contributed by atoms with Crippen molar-refractivity contribution < 1.29 is 0 Å². The molecule has 0 aromatic carbocycles. The Balaban J connectivity index is 3.00. The van der Waals surface area contributed by atoms with Crippen LogP contribution < -0.4 is 5.32 Å². The standard InChI is InChI=1S/C9H11N3/c1-3-11-9-5-7(2)4-8(6-10)12-9/h4-5H,3H2,1-2H3,(H,11,12). The maximum absolute atomic E-state index is 8.61. The van der Waals surface area contributed by atoms with Gasteiger partial charge in [0.25, 0.3) is 0 Å². The van der Waals surface area contributed by atoms with Crippen LogP contribution in [0, 0.1) is 18.3 Å². The van der Waals surface area contributed by atoms with Crippen molar-refractivity contribution in [2.24, 2.45) is 0 Å². The zero-order valence-corrected chi connectivity index (χ0v) is 7.26. The lowest BCUT2D eigenvalue weighted by atomic mass is 10.2. The van der Waals surface area contributed by atoms with Crippen LogP contribution in [0.2, 0.25) is 0 Å². The number of hydrogen-bond acceptors (Lipinski definition) is 3. The number of pyridine rings is 1. The molecule has 0 aliphatic heterocycles. The maximum Gasteiger partial charge on any atom is 0.143 e. The van der Waals surface area contributed by atoms with Gasteiger partial charge in [0.05, 0.1) is 0 Å². The van der Waals surface area contributed by atoms with Crippen molar-refractivity contribution in [2.45, 2.75) is 13.8 Å². The minimum atomic E-state index is 0.464. The molecule has 0 aliphatic carbocycles. The van der Waals surface area contributed by atoms with Crippen LogP contribution in [0.4, 0.5) is 5.82 Å². The second kappa shape index (κ2) is 3.72. The van der Waals surface area contributed by atoms with Crippen molar-refractivity contribution >= 4 is 5.82 Å². The number of nitrogens with one attached hydrogen (secondary N) is 1. The Morgan fingerprint density at radius 3 is 2.92 bits per heavy atom. The number of nitrogens with zero attached hydrogens (tertiary/aromatic N) is 2. The summed E-state index contributed by atoms with van der Waals surface area (Å²) in [5, 5.41) is 11.7. The molecule has 0 amide bonds. The minimum absolute atomic E-state index is 0.464. The Morgan fingerprint density at radius 2 is 2.33 bits per heavy atom. The largest absolute Gasteiger partial charge is 0.370 e. The van der Waals surface area contributed by atoms with Crippen molar-refractivity contribution in [1.82, 2.24) is 4.98 Å². The van der Waals surface area contributed by atoms with Gasteiger partial charge in [0.1, 0.15) is 17.6 Å². The van der Waals surface area contributed by atoms with Crippen molar-refractivity contribution in [3.8, 4) is 6.07 Å². The summed E-state index contributed by atoms with van der Waals surface area (Å²) in [7, 11) is 0. The topological polar surface area (TPSA) is 48.7 Å². The predicted octanol–water partition coefficient (Wildman–Crippen LogP) is 1.69. The smallest absolute Gasteiger partial charge is 0.143 e. The van der Waals surface area contributed by atoms with Crippen LogP contribution in [0.5, 0.6) is 0 Å². The van der Waals surface area contributed by atoms with Crippen molar-refractivity contribution in [3.63, 3.8) is 0 Å². The Morgan fingerprint density at radius 1 is 1.58 bits per heavy atom. The summed E-state index contributed by atoms with van der Waals surface area (Å²) in [6.07, 6.45) is 0. The number of aromatic nitrogens is 1. The second-order valence-electron chi connectivity index (χ2n) is 2.56. The quantitative estimate of drug-likeness (QED) is 0.718. The predicted molar refractivity (Wildman–Crippen MR) is 47.9 cm³/mol. The normalized spacial score (nSPS) is 9.08. The Labute approximate surface area is 72.1 Å². The van der Waals surface area contributed by atoms with Gasteiger partial charge in [-0.25, -0.2) is 4.98 Å². The van der Waals surface area contributed by atoms with Gasteiger partial charge in [-0.15, -0.1) is 0 Å². The van der Waals surface area contributed by atoms with Crippen LogP contribution in [0.3, 0.4) is 0 Å². The summed E-state index contributed by atoms with van der Waals surface area (Å²) in [5.41, 5.74) is 1.52. The highest BCUT2D eigenvalue weighted by Gasteiger charge is 1.97. The summed E-state index contributed by atoms with van der Waals surface area (Å²) in [6.45, 7) is 4.76. The van der Waals surface area contributed by atoms with Crippen molar-refractivity contribution in [3.05, 3.63) is 23.4 Å². The summed E-state index contributed by atoms with van der Waals surface area (Å²) >= 11 is 0. The molecule has 1 N–H and O–H groups in total. The number of aryl methyl sites for hydroxylation is 1. The molecule has 0 spiro atoms.